The number of nitrogens with two attached hydrogens (primary N) is 1. The van der Waals surface area contributed by atoms with Gasteiger partial charge in [-0.2, -0.15) is 0 Å². The largest absolute Gasteiger partial charge is 0.397 e. The summed E-state index contributed by atoms with van der Waals surface area (Å²) in [5, 5.41) is 13.2. The van der Waals surface area contributed by atoms with Gasteiger partial charge in [-0.3, -0.25) is 0 Å². The summed E-state index contributed by atoms with van der Waals surface area (Å²) in [4.78, 5) is 4.21. The summed E-state index contributed by atoms with van der Waals surface area (Å²) >= 11 is 0. The van der Waals surface area contributed by atoms with Gasteiger partial charge in [-0.1, -0.05) is 26.7 Å². The molecular weight excluding hydrogens is 214 g/mol. The molecule has 0 aliphatic heterocycles. The Bertz CT molecular complexity index is 351. The zero-order valence-electron chi connectivity index (χ0n) is 10.9. The lowest BCUT2D eigenvalue weighted by Gasteiger charge is -2.21. The highest BCUT2D eigenvalue weighted by molar-refractivity contribution is 5.50. The fourth-order valence-electron chi connectivity index (χ4n) is 1.98. The van der Waals surface area contributed by atoms with Gasteiger partial charge in [-0.15, -0.1) is 0 Å². The topological polar surface area (TPSA) is 71.2 Å². The van der Waals surface area contributed by atoms with Gasteiger partial charge in [-0.25, -0.2) is 4.98 Å². The normalized spacial score (nSPS) is 12.8. The SMILES string of the molecule is CCC(CC)C(O)CNc1ncc(N)cc1C. The van der Waals surface area contributed by atoms with E-state index in [9.17, 15) is 5.11 Å². The molecule has 1 heterocycles. The lowest BCUT2D eigenvalue weighted by atomic mass is 9.96. The number of aryl methyl sites for hydroxylation is 1. The van der Waals surface area contributed by atoms with Crippen LogP contribution in [0.15, 0.2) is 12.3 Å². The first-order valence-corrected chi connectivity index (χ1v) is 6.22. The highest BCUT2D eigenvalue weighted by Crippen LogP contribution is 2.16. The minimum Gasteiger partial charge on any atom is -0.397 e. The van der Waals surface area contributed by atoms with Gasteiger partial charge in [0.15, 0.2) is 0 Å². The Morgan fingerprint density at radius 1 is 1.41 bits per heavy atom. The van der Waals surface area contributed by atoms with Crippen LogP contribution in [0.4, 0.5) is 11.5 Å². The fraction of sp³-hybridized carbons (Fsp3) is 0.615. The van der Waals surface area contributed by atoms with Crippen molar-refractivity contribution in [2.45, 2.75) is 39.7 Å². The van der Waals surface area contributed by atoms with Gasteiger partial charge in [0.1, 0.15) is 5.82 Å². The van der Waals surface area contributed by atoms with Gasteiger partial charge in [0.05, 0.1) is 18.0 Å². The van der Waals surface area contributed by atoms with E-state index in [1.165, 1.54) is 0 Å². The number of aliphatic hydroxyl groups excluding tert-OH is 1. The van der Waals surface area contributed by atoms with Crippen LogP contribution in [0.1, 0.15) is 32.3 Å². The second-order valence-corrected chi connectivity index (χ2v) is 4.46. The van der Waals surface area contributed by atoms with E-state index in [0.717, 1.165) is 24.2 Å². The number of hydrogen-bond acceptors (Lipinski definition) is 4. The van der Waals surface area contributed by atoms with Crippen molar-refractivity contribution in [2.75, 3.05) is 17.6 Å². The molecule has 4 heteroatoms. The number of nitrogen functional groups attached to an aromatic ring is 1. The molecule has 4 nitrogen and oxygen atoms in total. The monoisotopic (exact) mass is 237 g/mol. The van der Waals surface area contributed by atoms with Crippen LogP contribution >= 0.6 is 0 Å². The molecule has 1 unspecified atom stereocenters. The van der Waals surface area contributed by atoms with Gasteiger partial charge in [-0.05, 0) is 24.5 Å². The third-order valence-corrected chi connectivity index (χ3v) is 3.17. The standard InChI is InChI=1S/C13H23N3O/c1-4-10(5-2)12(17)8-16-13-9(3)6-11(14)7-15-13/h6-7,10,12,17H,4-5,8,14H2,1-3H3,(H,15,16). The molecule has 96 valence electrons. The number of aliphatic hydroxyl groups is 1. The molecule has 0 aromatic carbocycles. The van der Waals surface area contributed by atoms with E-state index < -0.39 is 0 Å². The summed E-state index contributed by atoms with van der Waals surface area (Å²) in [7, 11) is 0. The summed E-state index contributed by atoms with van der Waals surface area (Å²) < 4.78 is 0. The Morgan fingerprint density at radius 2 is 2.06 bits per heavy atom. The smallest absolute Gasteiger partial charge is 0.129 e. The van der Waals surface area contributed by atoms with Crippen molar-refractivity contribution in [3.63, 3.8) is 0 Å². The van der Waals surface area contributed by atoms with Crippen LogP contribution in [0, 0.1) is 12.8 Å². The minimum absolute atomic E-state index is 0.330. The van der Waals surface area contributed by atoms with Gasteiger partial charge in [0.25, 0.3) is 0 Å². The Labute approximate surface area is 103 Å². The van der Waals surface area contributed by atoms with Crippen LogP contribution in [-0.4, -0.2) is 22.7 Å². The number of rotatable bonds is 6. The van der Waals surface area contributed by atoms with Crippen LogP contribution in [0.5, 0.6) is 0 Å². The first-order valence-electron chi connectivity index (χ1n) is 6.22. The fourth-order valence-corrected chi connectivity index (χ4v) is 1.98. The lowest BCUT2D eigenvalue weighted by Crippen LogP contribution is -2.28. The highest BCUT2D eigenvalue weighted by atomic mass is 16.3. The Kier molecular flexibility index (Phi) is 5.22. The van der Waals surface area contributed by atoms with Crippen LogP contribution < -0.4 is 11.1 Å². The third-order valence-electron chi connectivity index (χ3n) is 3.17. The summed E-state index contributed by atoms with van der Waals surface area (Å²) in [6.07, 6.45) is 3.28. The van der Waals surface area contributed by atoms with Crippen molar-refractivity contribution in [3.8, 4) is 0 Å². The molecule has 0 fully saturated rings. The molecule has 1 rings (SSSR count). The van der Waals surface area contributed by atoms with Crippen molar-refractivity contribution in [2.24, 2.45) is 5.92 Å². The van der Waals surface area contributed by atoms with Gasteiger partial charge >= 0.3 is 0 Å². The van der Waals surface area contributed by atoms with Crippen molar-refractivity contribution >= 4 is 11.5 Å². The Balaban J connectivity index is 2.55. The van der Waals surface area contributed by atoms with Gasteiger partial charge in [0, 0.05) is 6.54 Å². The van der Waals surface area contributed by atoms with E-state index >= 15 is 0 Å². The van der Waals surface area contributed by atoms with E-state index in [2.05, 4.69) is 24.1 Å². The zero-order valence-corrected chi connectivity index (χ0v) is 10.9. The Morgan fingerprint density at radius 3 is 2.59 bits per heavy atom. The Hall–Kier alpha value is -1.29. The maximum atomic E-state index is 10.0. The van der Waals surface area contributed by atoms with Crippen LogP contribution in [-0.2, 0) is 0 Å². The lowest BCUT2D eigenvalue weighted by molar-refractivity contribution is 0.114. The maximum Gasteiger partial charge on any atom is 0.129 e. The highest BCUT2D eigenvalue weighted by Gasteiger charge is 2.15. The number of hydrogen-bond donors (Lipinski definition) is 3. The molecule has 1 atom stereocenters. The number of pyridine rings is 1. The molecule has 0 radical (unpaired) electrons. The van der Waals surface area contributed by atoms with Crippen LogP contribution in [0.2, 0.25) is 0 Å². The van der Waals surface area contributed by atoms with E-state index in [0.29, 0.717) is 18.2 Å². The molecule has 0 aliphatic carbocycles. The summed E-state index contributed by atoms with van der Waals surface area (Å²) in [5.74, 6) is 1.14. The molecule has 0 bridgehead atoms. The summed E-state index contributed by atoms with van der Waals surface area (Å²) in [6.45, 7) is 6.69. The van der Waals surface area contributed by atoms with Gasteiger partial charge in [0.2, 0.25) is 0 Å². The molecule has 0 saturated carbocycles. The third kappa shape index (κ3) is 3.89. The van der Waals surface area contributed by atoms with Gasteiger partial charge < -0.3 is 16.2 Å². The molecule has 1 aromatic heterocycles. The molecule has 0 saturated heterocycles. The number of nitrogens with zero attached hydrogens (tertiary/aromatic N) is 1. The van der Waals surface area contributed by atoms with E-state index in [1.54, 1.807) is 6.20 Å². The zero-order chi connectivity index (χ0) is 12.8. The molecule has 1 aromatic rings. The second kappa shape index (κ2) is 6.45. The maximum absolute atomic E-state index is 10.0. The summed E-state index contributed by atoms with van der Waals surface area (Å²) in [5.41, 5.74) is 7.30. The van der Waals surface area contributed by atoms with E-state index in [-0.39, 0.29) is 6.10 Å². The van der Waals surface area contributed by atoms with Crippen LogP contribution in [0.25, 0.3) is 0 Å². The second-order valence-electron chi connectivity index (χ2n) is 4.46. The van der Waals surface area contributed by atoms with Crippen LogP contribution in [0.3, 0.4) is 0 Å². The first kappa shape index (κ1) is 13.8. The predicted octanol–water partition coefficient (Wildman–Crippen LogP) is 2.18. The minimum atomic E-state index is -0.330. The molecular formula is C13H23N3O. The van der Waals surface area contributed by atoms with E-state index in [1.807, 2.05) is 13.0 Å². The molecule has 0 amide bonds. The van der Waals surface area contributed by atoms with Crippen molar-refractivity contribution in [3.05, 3.63) is 17.8 Å². The van der Waals surface area contributed by atoms with Crippen molar-refractivity contribution in [1.29, 1.82) is 0 Å². The quantitative estimate of drug-likeness (QED) is 0.709. The average molecular weight is 237 g/mol. The predicted molar refractivity (Wildman–Crippen MR) is 72.0 cm³/mol. The van der Waals surface area contributed by atoms with E-state index in [4.69, 9.17) is 5.73 Å². The van der Waals surface area contributed by atoms with Crippen molar-refractivity contribution in [1.82, 2.24) is 4.98 Å². The van der Waals surface area contributed by atoms with Crippen molar-refractivity contribution < 1.29 is 5.11 Å². The molecule has 0 aliphatic rings. The first-order chi connectivity index (χ1) is 8.08. The number of anilines is 2. The summed E-state index contributed by atoms with van der Waals surface area (Å²) in [6, 6.07) is 1.87. The molecule has 17 heavy (non-hydrogen) atoms. The number of nitrogens with one attached hydrogen (secondary N) is 1. The molecule has 0 spiro atoms. The number of aromatic nitrogens is 1. The average Bonchev–Trinajstić information content (AvgIpc) is 2.29. The molecule has 4 N–H and O–H groups in total.